The first-order chi connectivity index (χ1) is 9.26. The summed E-state index contributed by atoms with van der Waals surface area (Å²) in [4.78, 5) is 2.23. The highest BCUT2D eigenvalue weighted by molar-refractivity contribution is 5.45. The van der Waals surface area contributed by atoms with Gasteiger partial charge in [0.2, 0.25) is 6.79 Å². The predicted octanol–water partition coefficient (Wildman–Crippen LogP) is 1.17. The Labute approximate surface area is 112 Å². The molecule has 0 saturated carbocycles. The number of aliphatic hydroxyl groups excluding tert-OH is 1. The van der Waals surface area contributed by atoms with Gasteiger partial charge in [0.1, 0.15) is 0 Å². The number of β-amino-alcohol motifs (C(OH)–C–C–N with tert-alkyl or cyclic N) is 1. The number of fused-ring (bicyclic) bond motifs is 1. The minimum absolute atomic E-state index is 0.260. The Balaban J connectivity index is 1.62. The molecular weight excluding hydrogens is 246 g/mol. The van der Waals surface area contributed by atoms with Gasteiger partial charge in [0, 0.05) is 26.7 Å². The van der Waals surface area contributed by atoms with Gasteiger partial charge in [-0.1, -0.05) is 6.07 Å². The summed E-state index contributed by atoms with van der Waals surface area (Å²) in [6.45, 7) is 2.74. The van der Waals surface area contributed by atoms with Crippen LogP contribution in [0.3, 0.4) is 0 Å². The van der Waals surface area contributed by atoms with Crippen LogP contribution in [0.2, 0.25) is 0 Å². The van der Waals surface area contributed by atoms with Crippen molar-refractivity contribution in [3.63, 3.8) is 0 Å². The molecule has 1 saturated heterocycles. The van der Waals surface area contributed by atoms with Crippen LogP contribution in [0.4, 0.5) is 0 Å². The van der Waals surface area contributed by atoms with Crippen LogP contribution >= 0.6 is 0 Å². The molecule has 3 rings (SSSR count). The molecule has 0 spiro atoms. The zero-order chi connectivity index (χ0) is 13.2. The lowest BCUT2D eigenvalue weighted by molar-refractivity contribution is 0.0897. The molecule has 0 aromatic heterocycles. The van der Waals surface area contributed by atoms with Gasteiger partial charge in [-0.3, -0.25) is 4.90 Å². The Bertz CT molecular complexity index is 451. The fraction of sp³-hybridized carbons (Fsp3) is 0.571. The molecule has 2 atom stereocenters. The molecule has 1 fully saturated rings. The van der Waals surface area contributed by atoms with Crippen molar-refractivity contribution in [2.24, 2.45) is 0 Å². The van der Waals surface area contributed by atoms with E-state index in [0.717, 1.165) is 30.8 Å². The molecule has 0 aliphatic carbocycles. The van der Waals surface area contributed by atoms with E-state index in [2.05, 4.69) is 4.90 Å². The molecule has 1 aromatic rings. The minimum atomic E-state index is -0.509. The van der Waals surface area contributed by atoms with E-state index in [0.29, 0.717) is 18.4 Å². The van der Waals surface area contributed by atoms with Crippen LogP contribution in [-0.2, 0) is 4.74 Å². The van der Waals surface area contributed by atoms with Gasteiger partial charge in [-0.25, -0.2) is 0 Å². The Morgan fingerprint density at radius 2 is 2.26 bits per heavy atom. The van der Waals surface area contributed by atoms with E-state index in [4.69, 9.17) is 14.2 Å². The fourth-order valence-electron chi connectivity index (χ4n) is 2.63. The van der Waals surface area contributed by atoms with Gasteiger partial charge < -0.3 is 19.3 Å². The minimum Gasteiger partial charge on any atom is -0.454 e. The second-order valence-electron chi connectivity index (χ2n) is 5.03. The summed E-state index contributed by atoms with van der Waals surface area (Å²) in [6, 6.07) is 5.60. The number of methoxy groups -OCH3 is 1. The van der Waals surface area contributed by atoms with Gasteiger partial charge in [0.15, 0.2) is 11.5 Å². The number of nitrogens with zero attached hydrogens (tertiary/aromatic N) is 1. The lowest BCUT2D eigenvalue weighted by atomic mass is 10.1. The average Bonchev–Trinajstić information content (AvgIpc) is 3.05. The second-order valence-corrected chi connectivity index (χ2v) is 5.03. The number of rotatable bonds is 4. The SMILES string of the molecule is COC1CCN(CC(O)c2ccc3c(c2)OCO3)C1. The smallest absolute Gasteiger partial charge is 0.231 e. The van der Waals surface area contributed by atoms with Crippen molar-refractivity contribution in [3.8, 4) is 11.5 Å². The van der Waals surface area contributed by atoms with Gasteiger partial charge in [-0.05, 0) is 24.1 Å². The highest BCUT2D eigenvalue weighted by atomic mass is 16.7. The van der Waals surface area contributed by atoms with Crippen LogP contribution in [0.15, 0.2) is 18.2 Å². The van der Waals surface area contributed by atoms with E-state index in [1.165, 1.54) is 0 Å². The first kappa shape index (κ1) is 12.7. The normalized spacial score (nSPS) is 23.8. The molecule has 5 nitrogen and oxygen atoms in total. The van der Waals surface area contributed by atoms with Crippen molar-refractivity contribution in [1.82, 2.24) is 4.90 Å². The van der Waals surface area contributed by atoms with Crippen molar-refractivity contribution >= 4 is 0 Å². The van der Waals surface area contributed by atoms with Crippen LogP contribution in [0.5, 0.6) is 11.5 Å². The van der Waals surface area contributed by atoms with Crippen LogP contribution < -0.4 is 9.47 Å². The fourth-order valence-corrected chi connectivity index (χ4v) is 2.63. The van der Waals surface area contributed by atoms with Crippen LogP contribution in [0.25, 0.3) is 0 Å². The summed E-state index contributed by atoms with van der Waals surface area (Å²) < 4.78 is 15.9. The maximum Gasteiger partial charge on any atom is 0.231 e. The number of hydrogen-bond acceptors (Lipinski definition) is 5. The van der Waals surface area contributed by atoms with Gasteiger partial charge >= 0.3 is 0 Å². The maximum absolute atomic E-state index is 10.3. The lowest BCUT2D eigenvalue weighted by Gasteiger charge is -2.20. The average molecular weight is 265 g/mol. The Morgan fingerprint density at radius 1 is 1.42 bits per heavy atom. The summed E-state index contributed by atoms with van der Waals surface area (Å²) in [5.41, 5.74) is 0.866. The largest absolute Gasteiger partial charge is 0.454 e. The monoisotopic (exact) mass is 265 g/mol. The Kier molecular flexibility index (Phi) is 3.59. The van der Waals surface area contributed by atoms with E-state index in [-0.39, 0.29) is 6.79 Å². The van der Waals surface area contributed by atoms with Crippen LogP contribution in [-0.4, -0.2) is 49.6 Å². The molecule has 1 aromatic carbocycles. The molecule has 0 bridgehead atoms. The Morgan fingerprint density at radius 3 is 3.05 bits per heavy atom. The van der Waals surface area contributed by atoms with E-state index >= 15 is 0 Å². The first-order valence-corrected chi connectivity index (χ1v) is 6.59. The second kappa shape index (κ2) is 5.36. The van der Waals surface area contributed by atoms with Crippen molar-refractivity contribution in [1.29, 1.82) is 0 Å². The van der Waals surface area contributed by atoms with E-state index in [1.54, 1.807) is 7.11 Å². The van der Waals surface area contributed by atoms with Gasteiger partial charge in [-0.2, -0.15) is 0 Å². The summed E-state index contributed by atoms with van der Waals surface area (Å²) >= 11 is 0. The number of likely N-dealkylation sites (tertiary alicyclic amines) is 1. The quantitative estimate of drug-likeness (QED) is 0.885. The predicted molar refractivity (Wildman–Crippen MR) is 69.4 cm³/mol. The molecule has 2 aliphatic heterocycles. The zero-order valence-electron chi connectivity index (χ0n) is 11.0. The third kappa shape index (κ3) is 2.68. The van der Waals surface area contributed by atoms with E-state index < -0.39 is 6.10 Å². The summed E-state index contributed by atoms with van der Waals surface area (Å²) in [5, 5.41) is 10.3. The summed E-state index contributed by atoms with van der Waals surface area (Å²) in [5.74, 6) is 1.46. The van der Waals surface area contributed by atoms with Gasteiger partial charge in [0.25, 0.3) is 0 Å². The van der Waals surface area contributed by atoms with Crippen molar-refractivity contribution in [2.45, 2.75) is 18.6 Å². The first-order valence-electron chi connectivity index (χ1n) is 6.59. The topological polar surface area (TPSA) is 51.2 Å². The number of hydrogen-bond donors (Lipinski definition) is 1. The highest BCUT2D eigenvalue weighted by Gasteiger charge is 2.25. The zero-order valence-corrected chi connectivity index (χ0v) is 11.0. The highest BCUT2D eigenvalue weighted by Crippen LogP contribution is 2.34. The molecule has 19 heavy (non-hydrogen) atoms. The maximum atomic E-state index is 10.3. The summed E-state index contributed by atoms with van der Waals surface area (Å²) in [6.07, 6.45) is 0.818. The number of aliphatic hydroxyl groups is 1. The van der Waals surface area contributed by atoms with Crippen LogP contribution in [0.1, 0.15) is 18.1 Å². The van der Waals surface area contributed by atoms with Crippen molar-refractivity contribution < 1.29 is 19.3 Å². The molecular formula is C14H19NO4. The molecule has 104 valence electrons. The molecule has 2 aliphatic rings. The third-order valence-electron chi connectivity index (χ3n) is 3.78. The molecule has 1 N–H and O–H groups in total. The van der Waals surface area contributed by atoms with E-state index in [1.807, 2.05) is 18.2 Å². The van der Waals surface area contributed by atoms with Gasteiger partial charge in [0.05, 0.1) is 12.2 Å². The molecule has 0 radical (unpaired) electrons. The van der Waals surface area contributed by atoms with Crippen molar-refractivity contribution in [2.75, 3.05) is 33.5 Å². The lowest BCUT2D eigenvalue weighted by Crippen LogP contribution is -2.27. The number of ether oxygens (including phenoxy) is 3. The standard InChI is InChI=1S/C14H19NO4/c1-17-11-4-5-15(7-11)8-12(16)10-2-3-13-14(6-10)19-9-18-13/h2-3,6,11-12,16H,4-5,7-9H2,1H3. The number of benzene rings is 1. The van der Waals surface area contributed by atoms with E-state index in [9.17, 15) is 5.11 Å². The summed E-state index contributed by atoms with van der Waals surface area (Å²) in [7, 11) is 1.74. The molecule has 5 heteroatoms. The van der Waals surface area contributed by atoms with Crippen molar-refractivity contribution in [3.05, 3.63) is 23.8 Å². The molecule has 2 unspecified atom stereocenters. The molecule has 0 amide bonds. The molecule has 2 heterocycles. The Hall–Kier alpha value is -1.30. The van der Waals surface area contributed by atoms with Gasteiger partial charge in [-0.15, -0.1) is 0 Å². The third-order valence-corrected chi connectivity index (χ3v) is 3.78. The van der Waals surface area contributed by atoms with Crippen LogP contribution in [0, 0.1) is 0 Å².